The second kappa shape index (κ2) is 7.61. The maximum absolute atomic E-state index is 12.4. The van der Waals surface area contributed by atoms with Crippen LogP contribution in [-0.2, 0) is 24.3 Å². The smallest absolute Gasteiger partial charge is 0.242 e. The first kappa shape index (κ1) is 16.0. The van der Waals surface area contributed by atoms with E-state index in [1.54, 1.807) is 29.7 Å². The predicted molar refractivity (Wildman–Crippen MR) is 96.0 cm³/mol. The minimum atomic E-state index is 0.111. The minimum absolute atomic E-state index is 0.111. The molecule has 2 aromatic rings. The number of nitrogens with zero attached hydrogens (tertiary/aromatic N) is 2. The van der Waals surface area contributed by atoms with Crippen LogP contribution in [-0.4, -0.2) is 36.9 Å². The second-order valence-corrected chi connectivity index (χ2v) is 7.13. The molecule has 3 heterocycles. The Kier molecular flexibility index (Phi) is 5.30. The van der Waals surface area contributed by atoms with Crippen molar-refractivity contribution in [3.05, 3.63) is 44.3 Å². The molecule has 0 saturated carbocycles. The van der Waals surface area contributed by atoms with E-state index in [0.29, 0.717) is 12.5 Å². The van der Waals surface area contributed by atoms with E-state index in [9.17, 15) is 4.79 Å². The van der Waals surface area contributed by atoms with Crippen LogP contribution in [0, 0.1) is 0 Å². The first-order chi connectivity index (χ1) is 11.3. The van der Waals surface area contributed by atoms with Gasteiger partial charge in [0.2, 0.25) is 5.91 Å². The number of aliphatic imine (C=N–C) groups is 1. The van der Waals surface area contributed by atoms with E-state index in [1.165, 1.54) is 16.0 Å². The summed E-state index contributed by atoms with van der Waals surface area (Å²) in [5, 5.41) is 12.6. The highest BCUT2D eigenvalue weighted by molar-refractivity contribution is 7.10. The fourth-order valence-corrected chi connectivity index (χ4v) is 4.09. The van der Waals surface area contributed by atoms with Gasteiger partial charge in [-0.2, -0.15) is 11.3 Å². The highest BCUT2D eigenvalue weighted by Crippen LogP contribution is 2.23. The van der Waals surface area contributed by atoms with Crippen molar-refractivity contribution in [3.63, 3.8) is 0 Å². The molecule has 2 aromatic heterocycles. The molecule has 1 amide bonds. The zero-order chi connectivity index (χ0) is 16.1. The van der Waals surface area contributed by atoms with Gasteiger partial charge in [0.15, 0.2) is 5.96 Å². The maximum atomic E-state index is 12.4. The fraction of sp³-hybridized carbons (Fsp3) is 0.375. The number of hydrogen-bond acceptors (Lipinski definition) is 4. The van der Waals surface area contributed by atoms with Crippen LogP contribution in [0.25, 0.3) is 0 Å². The molecule has 0 saturated heterocycles. The molecule has 23 heavy (non-hydrogen) atoms. The van der Waals surface area contributed by atoms with Crippen LogP contribution in [0.5, 0.6) is 0 Å². The summed E-state index contributed by atoms with van der Waals surface area (Å²) in [4.78, 5) is 19.9. The normalized spacial score (nSPS) is 14.5. The lowest BCUT2D eigenvalue weighted by Gasteiger charge is -2.27. The Morgan fingerprint density at radius 1 is 1.35 bits per heavy atom. The molecule has 0 atom stereocenters. The van der Waals surface area contributed by atoms with Gasteiger partial charge < -0.3 is 15.5 Å². The van der Waals surface area contributed by atoms with Crippen LogP contribution >= 0.6 is 22.7 Å². The Bertz CT molecular complexity index is 678. The molecule has 3 rings (SSSR count). The number of hydrogen-bond donors (Lipinski definition) is 2. The third-order valence-corrected chi connectivity index (χ3v) is 5.59. The molecule has 0 unspecified atom stereocenters. The largest absolute Gasteiger partial charge is 0.352 e. The van der Waals surface area contributed by atoms with Crippen molar-refractivity contribution in [2.24, 2.45) is 4.99 Å². The summed E-state index contributed by atoms with van der Waals surface area (Å²) in [5.41, 5.74) is 2.50. The lowest BCUT2D eigenvalue weighted by Crippen LogP contribution is -2.45. The molecular formula is C16H20N4OS2. The van der Waals surface area contributed by atoms with E-state index in [1.807, 2.05) is 10.3 Å². The predicted octanol–water partition coefficient (Wildman–Crippen LogP) is 2.06. The van der Waals surface area contributed by atoms with Gasteiger partial charge in [0.05, 0.1) is 6.54 Å². The molecule has 122 valence electrons. The van der Waals surface area contributed by atoms with Crippen LogP contribution in [0.2, 0.25) is 0 Å². The van der Waals surface area contributed by atoms with E-state index >= 15 is 0 Å². The van der Waals surface area contributed by atoms with Crippen molar-refractivity contribution in [1.82, 2.24) is 15.5 Å². The molecule has 0 aromatic carbocycles. The fourth-order valence-electron chi connectivity index (χ4n) is 2.53. The summed E-state index contributed by atoms with van der Waals surface area (Å²) in [7, 11) is 1.71. The van der Waals surface area contributed by atoms with Gasteiger partial charge in [0.25, 0.3) is 0 Å². The average Bonchev–Trinajstić information content (AvgIpc) is 3.25. The molecule has 2 N–H and O–H groups in total. The van der Waals surface area contributed by atoms with Crippen LogP contribution in [0.4, 0.5) is 0 Å². The van der Waals surface area contributed by atoms with Crippen molar-refractivity contribution in [3.8, 4) is 0 Å². The molecule has 0 spiro atoms. The van der Waals surface area contributed by atoms with E-state index in [2.05, 4.69) is 38.5 Å². The number of thiophene rings is 2. The quantitative estimate of drug-likeness (QED) is 0.657. The monoisotopic (exact) mass is 348 g/mol. The van der Waals surface area contributed by atoms with Gasteiger partial charge in [0.1, 0.15) is 0 Å². The minimum Gasteiger partial charge on any atom is -0.352 e. The number of guanidine groups is 1. The summed E-state index contributed by atoms with van der Waals surface area (Å²) < 4.78 is 0. The Hall–Kier alpha value is -1.86. The molecule has 0 radical (unpaired) electrons. The molecule has 7 heteroatoms. The third kappa shape index (κ3) is 4.11. The number of rotatable bonds is 4. The summed E-state index contributed by atoms with van der Waals surface area (Å²) >= 11 is 3.46. The summed E-state index contributed by atoms with van der Waals surface area (Å²) in [5.74, 6) is 0.762. The van der Waals surface area contributed by atoms with Crippen LogP contribution in [0.3, 0.4) is 0 Å². The standard InChI is InChI=1S/C16H20N4OS2/c1-17-16(18-8-12-3-6-22-11-12)19-9-15(21)20-5-2-14-13(10-20)4-7-23-14/h3-4,6-7,11H,2,5,8-10H2,1H3,(H2,17,18,19). The van der Waals surface area contributed by atoms with Gasteiger partial charge in [-0.25, -0.2) is 0 Å². The topological polar surface area (TPSA) is 56.7 Å². The lowest BCUT2D eigenvalue weighted by atomic mass is 10.1. The summed E-state index contributed by atoms with van der Waals surface area (Å²) in [6.45, 7) is 2.50. The molecular weight excluding hydrogens is 328 g/mol. The van der Waals surface area contributed by atoms with E-state index < -0.39 is 0 Å². The van der Waals surface area contributed by atoms with Crippen molar-refractivity contribution in [2.75, 3.05) is 20.1 Å². The molecule has 1 aliphatic rings. The number of carbonyl (C=O) groups excluding carboxylic acids is 1. The molecule has 1 aliphatic heterocycles. The third-order valence-electron chi connectivity index (χ3n) is 3.83. The Labute approximate surface area is 144 Å². The van der Waals surface area contributed by atoms with Crippen molar-refractivity contribution in [1.29, 1.82) is 0 Å². The lowest BCUT2D eigenvalue weighted by molar-refractivity contribution is -0.130. The first-order valence-electron chi connectivity index (χ1n) is 7.55. The maximum Gasteiger partial charge on any atom is 0.242 e. The van der Waals surface area contributed by atoms with Crippen LogP contribution < -0.4 is 10.6 Å². The number of carbonyl (C=O) groups is 1. The zero-order valence-corrected chi connectivity index (χ0v) is 14.7. The second-order valence-electron chi connectivity index (χ2n) is 5.35. The summed E-state index contributed by atoms with van der Waals surface area (Å²) in [6.07, 6.45) is 0.962. The molecule has 0 bridgehead atoms. The highest BCUT2D eigenvalue weighted by atomic mass is 32.1. The number of amides is 1. The van der Waals surface area contributed by atoms with Gasteiger partial charge in [-0.15, -0.1) is 11.3 Å². The van der Waals surface area contributed by atoms with Gasteiger partial charge in [-0.05, 0) is 45.8 Å². The van der Waals surface area contributed by atoms with Gasteiger partial charge in [-0.3, -0.25) is 9.79 Å². The Balaban J connectivity index is 1.46. The SMILES string of the molecule is CN=C(NCC(=O)N1CCc2sccc2C1)NCc1ccsc1. The Morgan fingerprint density at radius 2 is 2.26 bits per heavy atom. The number of fused-ring (bicyclic) bond motifs is 1. The number of nitrogens with one attached hydrogen (secondary N) is 2. The average molecular weight is 348 g/mol. The van der Waals surface area contributed by atoms with Crippen molar-refractivity contribution >= 4 is 34.5 Å². The molecule has 0 fully saturated rings. The van der Waals surface area contributed by atoms with E-state index in [0.717, 1.165) is 19.5 Å². The van der Waals surface area contributed by atoms with E-state index in [-0.39, 0.29) is 12.5 Å². The summed E-state index contributed by atoms with van der Waals surface area (Å²) in [6, 6.07) is 4.19. The van der Waals surface area contributed by atoms with Gasteiger partial charge >= 0.3 is 0 Å². The highest BCUT2D eigenvalue weighted by Gasteiger charge is 2.21. The van der Waals surface area contributed by atoms with Crippen LogP contribution in [0.15, 0.2) is 33.3 Å². The van der Waals surface area contributed by atoms with Crippen LogP contribution in [0.1, 0.15) is 16.0 Å². The Morgan fingerprint density at radius 3 is 3.04 bits per heavy atom. The first-order valence-corrected chi connectivity index (χ1v) is 9.37. The van der Waals surface area contributed by atoms with Gasteiger partial charge in [0, 0.05) is 31.6 Å². The zero-order valence-electron chi connectivity index (χ0n) is 13.0. The van der Waals surface area contributed by atoms with Crippen molar-refractivity contribution in [2.45, 2.75) is 19.5 Å². The van der Waals surface area contributed by atoms with E-state index in [4.69, 9.17) is 0 Å². The molecule has 0 aliphatic carbocycles. The molecule has 5 nitrogen and oxygen atoms in total. The van der Waals surface area contributed by atoms with Crippen molar-refractivity contribution < 1.29 is 4.79 Å². The van der Waals surface area contributed by atoms with Gasteiger partial charge in [-0.1, -0.05) is 0 Å².